The second-order valence-electron chi connectivity index (χ2n) is 6.15. The van der Waals surface area contributed by atoms with Gasteiger partial charge in [-0.15, -0.1) is 0 Å². The van der Waals surface area contributed by atoms with E-state index in [0.717, 1.165) is 9.69 Å². The molecule has 0 saturated heterocycles. The molecule has 3 aromatic carbocycles. The molecule has 0 bridgehead atoms. The smallest absolute Gasteiger partial charge is 0.265 e. The second kappa shape index (κ2) is 5.81. The van der Waals surface area contributed by atoms with Gasteiger partial charge >= 0.3 is 0 Å². The highest BCUT2D eigenvalue weighted by Crippen LogP contribution is 2.41. The van der Waals surface area contributed by atoms with Gasteiger partial charge in [-0.3, -0.25) is 9.10 Å². The standard InChI is InChI=1S/C19H15FN2O3S/c1-12-8-9-14(20)10-15(12)21-18(23)11-22-16-6-2-4-13-5-3-7-17(19(13)16)26(22,24)25/h2-10H,11H2,1H3,(H,21,23). The lowest BCUT2D eigenvalue weighted by molar-refractivity contribution is -0.114. The fourth-order valence-electron chi connectivity index (χ4n) is 3.18. The van der Waals surface area contributed by atoms with E-state index in [2.05, 4.69) is 5.32 Å². The largest absolute Gasteiger partial charge is 0.324 e. The van der Waals surface area contributed by atoms with Crippen LogP contribution in [0.4, 0.5) is 15.8 Å². The SMILES string of the molecule is Cc1ccc(F)cc1NC(=O)CN1c2cccc3cccc(c23)S1(=O)=O. The summed E-state index contributed by atoms with van der Waals surface area (Å²) in [5.41, 5.74) is 1.49. The molecule has 1 N–H and O–H groups in total. The van der Waals surface area contributed by atoms with Gasteiger partial charge in [-0.05, 0) is 42.1 Å². The summed E-state index contributed by atoms with van der Waals surface area (Å²) in [6.45, 7) is 1.35. The van der Waals surface area contributed by atoms with Crippen LogP contribution in [0.5, 0.6) is 0 Å². The average molecular weight is 370 g/mol. The Labute approximate surface area is 150 Å². The number of sulfonamides is 1. The average Bonchev–Trinajstić information content (AvgIpc) is 2.82. The molecule has 0 spiro atoms. The maximum absolute atomic E-state index is 13.4. The summed E-state index contributed by atoms with van der Waals surface area (Å²) >= 11 is 0. The van der Waals surface area contributed by atoms with Crippen LogP contribution in [0.2, 0.25) is 0 Å². The van der Waals surface area contributed by atoms with E-state index >= 15 is 0 Å². The van der Waals surface area contributed by atoms with Crippen LogP contribution >= 0.6 is 0 Å². The maximum atomic E-state index is 13.4. The van der Waals surface area contributed by atoms with Gasteiger partial charge in [0.25, 0.3) is 10.0 Å². The third-order valence-corrected chi connectivity index (χ3v) is 6.24. The Morgan fingerprint density at radius 3 is 2.62 bits per heavy atom. The lowest BCUT2D eigenvalue weighted by Gasteiger charge is -2.18. The summed E-state index contributed by atoms with van der Waals surface area (Å²) in [6, 6.07) is 14.4. The summed E-state index contributed by atoms with van der Waals surface area (Å²) < 4.78 is 40.2. The molecule has 1 heterocycles. The predicted molar refractivity (Wildman–Crippen MR) is 98.2 cm³/mol. The Hall–Kier alpha value is -2.93. The molecule has 0 fully saturated rings. The van der Waals surface area contributed by atoms with Gasteiger partial charge in [-0.1, -0.05) is 30.3 Å². The summed E-state index contributed by atoms with van der Waals surface area (Å²) in [5.74, 6) is -1.01. The fourth-order valence-corrected chi connectivity index (χ4v) is 4.84. The molecule has 0 unspecified atom stereocenters. The number of amides is 1. The van der Waals surface area contributed by atoms with Gasteiger partial charge in [0, 0.05) is 11.1 Å². The van der Waals surface area contributed by atoms with Crippen molar-refractivity contribution < 1.29 is 17.6 Å². The van der Waals surface area contributed by atoms with Gasteiger partial charge in [-0.25, -0.2) is 12.8 Å². The zero-order valence-electron chi connectivity index (χ0n) is 13.9. The zero-order chi connectivity index (χ0) is 18.5. The molecule has 1 aliphatic rings. The number of rotatable bonds is 3. The van der Waals surface area contributed by atoms with Crippen LogP contribution < -0.4 is 9.62 Å². The van der Waals surface area contributed by atoms with E-state index in [4.69, 9.17) is 0 Å². The van der Waals surface area contributed by atoms with Crippen molar-refractivity contribution >= 4 is 38.1 Å². The normalized spacial score (nSPS) is 14.6. The Bertz CT molecular complexity index is 1150. The highest BCUT2D eigenvalue weighted by Gasteiger charge is 2.36. The summed E-state index contributed by atoms with van der Waals surface area (Å²) in [6.07, 6.45) is 0. The van der Waals surface area contributed by atoms with Crippen LogP contribution in [-0.2, 0) is 14.8 Å². The van der Waals surface area contributed by atoms with Crippen molar-refractivity contribution in [3.8, 4) is 0 Å². The zero-order valence-corrected chi connectivity index (χ0v) is 14.7. The molecule has 26 heavy (non-hydrogen) atoms. The lowest BCUT2D eigenvalue weighted by Crippen LogP contribution is -2.35. The van der Waals surface area contributed by atoms with Crippen LogP contribution in [0.3, 0.4) is 0 Å². The lowest BCUT2D eigenvalue weighted by atomic mass is 10.1. The van der Waals surface area contributed by atoms with E-state index in [1.165, 1.54) is 18.2 Å². The topological polar surface area (TPSA) is 66.5 Å². The first-order valence-corrected chi connectivity index (χ1v) is 9.42. The number of hydrogen-bond acceptors (Lipinski definition) is 3. The van der Waals surface area contributed by atoms with Crippen LogP contribution in [0.1, 0.15) is 5.56 Å². The molecule has 5 nitrogen and oxygen atoms in total. The molecule has 4 rings (SSSR count). The molecular weight excluding hydrogens is 355 g/mol. The third-order valence-electron chi connectivity index (χ3n) is 4.44. The number of hydrogen-bond donors (Lipinski definition) is 1. The molecule has 0 radical (unpaired) electrons. The molecule has 7 heteroatoms. The second-order valence-corrected chi connectivity index (χ2v) is 7.98. The molecule has 0 atom stereocenters. The number of nitrogens with one attached hydrogen (secondary N) is 1. The van der Waals surface area contributed by atoms with E-state index in [-0.39, 0.29) is 11.4 Å². The molecule has 3 aromatic rings. The Morgan fingerprint density at radius 2 is 1.85 bits per heavy atom. The number of halogens is 1. The van der Waals surface area contributed by atoms with Crippen LogP contribution in [0, 0.1) is 12.7 Å². The quantitative estimate of drug-likeness (QED) is 0.768. The maximum Gasteiger partial charge on any atom is 0.265 e. The van der Waals surface area contributed by atoms with Gasteiger partial charge in [0.2, 0.25) is 5.91 Å². The Kier molecular flexibility index (Phi) is 3.69. The Morgan fingerprint density at radius 1 is 1.12 bits per heavy atom. The molecule has 132 valence electrons. The van der Waals surface area contributed by atoms with Crippen molar-refractivity contribution in [2.75, 3.05) is 16.2 Å². The highest BCUT2D eigenvalue weighted by molar-refractivity contribution is 7.93. The van der Waals surface area contributed by atoms with E-state index in [1.807, 2.05) is 12.1 Å². The van der Waals surface area contributed by atoms with Crippen molar-refractivity contribution in [2.45, 2.75) is 11.8 Å². The predicted octanol–water partition coefficient (Wildman–Crippen LogP) is 3.43. The summed E-state index contributed by atoms with van der Waals surface area (Å²) in [7, 11) is -3.81. The number of aryl methyl sites for hydroxylation is 1. The fraction of sp³-hybridized carbons (Fsp3) is 0.105. The summed E-state index contributed by atoms with van der Waals surface area (Å²) in [4.78, 5) is 12.6. The van der Waals surface area contributed by atoms with Crippen LogP contribution in [0.15, 0.2) is 59.5 Å². The number of benzene rings is 3. The first-order chi connectivity index (χ1) is 12.4. The van der Waals surface area contributed by atoms with Gasteiger partial charge < -0.3 is 5.32 Å². The van der Waals surface area contributed by atoms with E-state index < -0.39 is 21.7 Å². The highest BCUT2D eigenvalue weighted by atomic mass is 32.2. The summed E-state index contributed by atoms with van der Waals surface area (Å²) in [5, 5.41) is 4.00. The first-order valence-electron chi connectivity index (χ1n) is 7.98. The van der Waals surface area contributed by atoms with Crippen LogP contribution in [-0.4, -0.2) is 20.9 Å². The van der Waals surface area contributed by atoms with Crippen molar-refractivity contribution in [1.29, 1.82) is 0 Å². The van der Waals surface area contributed by atoms with Crippen LogP contribution in [0.25, 0.3) is 10.8 Å². The number of carbonyl (C=O) groups is 1. The monoisotopic (exact) mass is 370 g/mol. The molecule has 1 amide bonds. The minimum atomic E-state index is -3.81. The van der Waals surface area contributed by atoms with E-state index in [1.54, 1.807) is 31.2 Å². The molecular formula is C19H15FN2O3S. The van der Waals surface area contributed by atoms with E-state index in [0.29, 0.717) is 22.3 Å². The molecule has 0 saturated carbocycles. The van der Waals surface area contributed by atoms with Gasteiger partial charge in [-0.2, -0.15) is 0 Å². The van der Waals surface area contributed by atoms with E-state index in [9.17, 15) is 17.6 Å². The number of anilines is 2. The third kappa shape index (κ3) is 2.52. The molecule has 0 aromatic heterocycles. The molecule has 1 aliphatic heterocycles. The van der Waals surface area contributed by atoms with Crippen molar-refractivity contribution in [3.63, 3.8) is 0 Å². The van der Waals surface area contributed by atoms with Crippen molar-refractivity contribution in [2.24, 2.45) is 0 Å². The van der Waals surface area contributed by atoms with Gasteiger partial charge in [0.05, 0.1) is 10.6 Å². The Balaban J connectivity index is 1.68. The number of carbonyl (C=O) groups excluding carboxylic acids is 1. The van der Waals surface area contributed by atoms with Gasteiger partial charge in [0.1, 0.15) is 12.4 Å². The van der Waals surface area contributed by atoms with Crippen molar-refractivity contribution in [1.82, 2.24) is 0 Å². The minimum absolute atomic E-state index is 0.195. The minimum Gasteiger partial charge on any atom is -0.324 e. The van der Waals surface area contributed by atoms with Gasteiger partial charge in [0.15, 0.2) is 0 Å². The number of nitrogens with zero attached hydrogens (tertiary/aromatic N) is 1. The first kappa shape index (κ1) is 16.5. The van der Waals surface area contributed by atoms with Crippen molar-refractivity contribution in [3.05, 3.63) is 66.0 Å². The molecule has 0 aliphatic carbocycles.